The minimum atomic E-state index is -4.10. The number of carboxylic acid groups (broad SMARTS) is 1. The lowest BCUT2D eigenvalue weighted by molar-refractivity contribution is -0.133. The normalized spacial score (nSPS) is 21.9. The summed E-state index contributed by atoms with van der Waals surface area (Å²) in [6.45, 7) is 5.12. The molecule has 0 saturated carbocycles. The molecule has 0 unspecified atom stereocenters. The van der Waals surface area contributed by atoms with Crippen LogP contribution in [0.1, 0.15) is 40.0 Å². The van der Waals surface area contributed by atoms with Crippen LogP contribution < -0.4 is 10.0 Å². The highest BCUT2D eigenvalue weighted by Crippen LogP contribution is 2.26. The van der Waals surface area contributed by atoms with Gasteiger partial charge in [0.05, 0.1) is 23.1 Å². The fourth-order valence-corrected chi connectivity index (χ4v) is 4.62. The van der Waals surface area contributed by atoms with E-state index < -0.39 is 45.9 Å². The summed E-state index contributed by atoms with van der Waals surface area (Å²) in [4.78, 5) is 23.3. The molecule has 0 spiro atoms. The third kappa shape index (κ3) is 6.10. The van der Waals surface area contributed by atoms with Crippen LogP contribution in [0.2, 0.25) is 0 Å². The van der Waals surface area contributed by atoms with E-state index in [4.69, 9.17) is 4.74 Å². The van der Waals surface area contributed by atoms with Crippen LogP contribution >= 0.6 is 0 Å². The van der Waals surface area contributed by atoms with Gasteiger partial charge in [-0.1, -0.05) is 13.8 Å². The molecule has 8 nitrogen and oxygen atoms in total. The van der Waals surface area contributed by atoms with Crippen molar-refractivity contribution in [1.82, 2.24) is 10.0 Å². The molecule has 0 heterocycles. The number of carbonyl (C=O) groups is 2. The molecule has 0 fully saturated rings. The Balaban J connectivity index is 2.40. The molecule has 0 saturated heterocycles. The number of amides is 1. The Hall–Kier alpha value is -2.30. The molecule has 0 bridgehead atoms. The summed E-state index contributed by atoms with van der Waals surface area (Å²) >= 11 is 0. The number of halogens is 1. The molecule has 0 aliphatic heterocycles. The van der Waals surface area contributed by atoms with Crippen molar-refractivity contribution in [2.75, 3.05) is 0 Å². The standard InChI is InChI=1S/C20H27FN2O6S/c1-4-15(5-2)29-18-11-13(20(25)26)10-17(19(18)22-12(3)24)23-30(27,28)16-8-6-14(21)7-9-16/h6-9,11,15,17-19,23H,4-5,10H2,1-3H3,(H,22,24)(H,25,26)/t17-,18+,19+/m0/s1. The van der Waals surface area contributed by atoms with Crippen LogP contribution in [0, 0.1) is 5.82 Å². The summed E-state index contributed by atoms with van der Waals surface area (Å²) in [5.74, 6) is -2.19. The van der Waals surface area contributed by atoms with E-state index in [1.165, 1.54) is 13.0 Å². The van der Waals surface area contributed by atoms with Crippen LogP contribution in [0.5, 0.6) is 0 Å². The number of sulfonamides is 1. The first-order chi connectivity index (χ1) is 14.1. The lowest BCUT2D eigenvalue weighted by atomic mass is 9.88. The minimum absolute atomic E-state index is 0.0145. The number of aliphatic carboxylic acids is 1. The predicted molar refractivity (Wildman–Crippen MR) is 108 cm³/mol. The first-order valence-electron chi connectivity index (χ1n) is 9.71. The second-order valence-electron chi connectivity index (χ2n) is 7.15. The smallest absolute Gasteiger partial charge is 0.331 e. The molecule has 1 aliphatic carbocycles. The van der Waals surface area contributed by atoms with E-state index in [1.54, 1.807) is 0 Å². The number of carboxylic acids is 1. The van der Waals surface area contributed by atoms with Gasteiger partial charge in [-0.2, -0.15) is 0 Å². The largest absolute Gasteiger partial charge is 0.478 e. The van der Waals surface area contributed by atoms with E-state index in [-0.39, 0.29) is 23.0 Å². The maximum atomic E-state index is 13.2. The molecule has 0 radical (unpaired) electrons. The monoisotopic (exact) mass is 442 g/mol. The van der Waals surface area contributed by atoms with Gasteiger partial charge < -0.3 is 15.2 Å². The average molecular weight is 443 g/mol. The zero-order chi connectivity index (χ0) is 22.5. The number of carbonyl (C=O) groups excluding carboxylic acids is 1. The fraction of sp³-hybridized carbons (Fsp3) is 0.500. The number of hydrogen-bond donors (Lipinski definition) is 3. The Morgan fingerprint density at radius 2 is 1.83 bits per heavy atom. The topological polar surface area (TPSA) is 122 Å². The molecule has 1 aliphatic rings. The molecule has 1 aromatic rings. The Morgan fingerprint density at radius 3 is 2.33 bits per heavy atom. The highest BCUT2D eigenvalue weighted by molar-refractivity contribution is 7.89. The highest BCUT2D eigenvalue weighted by Gasteiger charge is 2.39. The molecule has 10 heteroatoms. The van der Waals surface area contributed by atoms with Gasteiger partial charge in [0.1, 0.15) is 5.82 Å². The van der Waals surface area contributed by atoms with Gasteiger partial charge in [-0.15, -0.1) is 0 Å². The van der Waals surface area contributed by atoms with Crippen LogP contribution in [0.4, 0.5) is 4.39 Å². The van der Waals surface area contributed by atoms with Crippen LogP contribution in [-0.4, -0.2) is 49.7 Å². The van der Waals surface area contributed by atoms with E-state index >= 15 is 0 Å². The second kappa shape index (κ2) is 10.1. The van der Waals surface area contributed by atoms with Gasteiger partial charge in [-0.3, -0.25) is 4.79 Å². The number of rotatable bonds is 9. The second-order valence-corrected chi connectivity index (χ2v) is 8.86. The molecular weight excluding hydrogens is 415 g/mol. The summed E-state index contributed by atoms with van der Waals surface area (Å²) in [5.41, 5.74) is -0.0145. The first-order valence-corrected chi connectivity index (χ1v) is 11.2. The van der Waals surface area contributed by atoms with Gasteiger partial charge in [0.2, 0.25) is 15.9 Å². The molecular formula is C20H27FN2O6S. The van der Waals surface area contributed by atoms with Crippen molar-refractivity contribution < 1.29 is 32.2 Å². The van der Waals surface area contributed by atoms with E-state index in [9.17, 15) is 27.5 Å². The molecule has 1 amide bonds. The SMILES string of the molecule is CCC(CC)O[C@@H]1C=C(C(=O)O)C[C@H](NS(=O)(=O)c2ccc(F)cc2)[C@H]1NC(C)=O. The van der Waals surface area contributed by atoms with Gasteiger partial charge in [0, 0.05) is 18.5 Å². The van der Waals surface area contributed by atoms with E-state index in [0.29, 0.717) is 12.8 Å². The molecule has 2 rings (SSSR count). The Kier molecular flexibility index (Phi) is 8.10. The maximum absolute atomic E-state index is 13.2. The van der Waals surface area contributed by atoms with Crippen LogP contribution in [0.3, 0.4) is 0 Å². The van der Waals surface area contributed by atoms with Crippen molar-refractivity contribution >= 4 is 21.9 Å². The van der Waals surface area contributed by atoms with E-state index in [1.807, 2.05) is 13.8 Å². The van der Waals surface area contributed by atoms with Gasteiger partial charge in [-0.25, -0.2) is 22.3 Å². The molecule has 166 valence electrons. The molecule has 0 aromatic heterocycles. The Morgan fingerprint density at radius 1 is 1.23 bits per heavy atom. The zero-order valence-electron chi connectivity index (χ0n) is 17.1. The van der Waals surface area contributed by atoms with Gasteiger partial charge in [0.15, 0.2) is 0 Å². The van der Waals surface area contributed by atoms with Gasteiger partial charge in [0.25, 0.3) is 0 Å². The fourth-order valence-electron chi connectivity index (χ4n) is 3.36. The Labute approximate surface area is 175 Å². The quantitative estimate of drug-likeness (QED) is 0.538. The predicted octanol–water partition coefficient (Wildman–Crippen LogP) is 1.97. The summed E-state index contributed by atoms with van der Waals surface area (Å²) in [7, 11) is -4.10. The zero-order valence-corrected chi connectivity index (χ0v) is 17.9. The summed E-state index contributed by atoms with van der Waals surface area (Å²) in [6, 6.07) is 2.46. The van der Waals surface area contributed by atoms with Gasteiger partial charge >= 0.3 is 5.97 Å². The number of ether oxygens (including phenoxy) is 1. The number of nitrogens with one attached hydrogen (secondary N) is 2. The lowest BCUT2D eigenvalue weighted by Crippen LogP contribution is -2.59. The Bertz CT molecular complexity index is 896. The molecule has 3 atom stereocenters. The molecule has 3 N–H and O–H groups in total. The maximum Gasteiger partial charge on any atom is 0.331 e. The highest BCUT2D eigenvalue weighted by atomic mass is 32.2. The van der Waals surface area contributed by atoms with Crippen molar-refractivity contribution in [3.8, 4) is 0 Å². The number of hydrogen-bond acceptors (Lipinski definition) is 5. The minimum Gasteiger partial charge on any atom is -0.478 e. The van der Waals surface area contributed by atoms with Crippen molar-refractivity contribution in [3.63, 3.8) is 0 Å². The summed E-state index contributed by atoms with van der Waals surface area (Å²) in [6.07, 6.45) is 1.59. The number of benzene rings is 1. The third-order valence-corrected chi connectivity index (χ3v) is 6.43. The van der Waals surface area contributed by atoms with Crippen molar-refractivity contribution in [2.24, 2.45) is 0 Å². The van der Waals surface area contributed by atoms with Crippen molar-refractivity contribution in [3.05, 3.63) is 41.7 Å². The lowest BCUT2D eigenvalue weighted by Gasteiger charge is -2.38. The summed E-state index contributed by atoms with van der Waals surface area (Å²) in [5, 5.41) is 12.2. The first kappa shape index (κ1) is 24.0. The van der Waals surface area contributed by atoms with Crippen molar-refractivity contribution in [1.29, 1.82) is 0 Å². The van der Waals surface area contributed by atoms with E-state index in [2.05, 4.69) is 10.0 Å². The third-order valence-electron chi connectivity index (χ3n) is 4.93. The molecule has 30 heavy (non-hydrogen) atoms. The van der Waals surface area contributed by atoms with Crippen LogP contribution in [-0.2, 0) is 24.3 Å². The van der Waals surface area contributed by atoms with E-state index in [0.717, 1.165) is 24.3 Å². The van der Waals surface area contributed by atoms with Gasteiger partial charge in [-0.05, 0) is 49.6 Å². The van der Waals surface area contributed by atoms with Crippen LogP contribution in [0.15, 0.2) is 40.8 Å². The average Bonchev–Trinajstić information content (AvgIpc) is 2.67. The van der Waals surface area contributed by atoms with Crippen LogP contribution in [0.25, 0.3) is 0 Å². The molecule has 1 aromatic carbocycles. The van der Waals surface area contributed by atoms with Crippen molar-refractivity contribution in [2.45, 2.75) is 69.2 Å². The summed E-state index contributed by atoms with van der Waals surface area (Å²) < 4.78 is 47.3.